The zero-order chi connectivity index (χ0) is 18.7. The molecule has 2 aromatic rings. The molecule has 26 heavy (non-hydrogen) atoms. The van der Waals surface area contributed by atoms with Gasteiger partial charge in [0.15, 0.2) is 0 Å². The van der Waals surface area contributed by atoms with Crippen LogP contribution in [0.5, 0.6) is 0 Å². The SMILES string of the molecule is CC(C)[C@@H](NC(=O)c1ccc(N2C(=O)CCC2=O)cc1)c1ccccc1. The zero-order valence-electron chi connectivity index (χ0n) is 14.9. The van der Waals surface area contributed by atoms with Crippen molar-refractivity contribution in [1.82, 2.24) is 5.32 Å². The maximum Gasteiger partial charge on any atom is 0.251 e. The van der Waals surface area contributed by atoms with Crippen molar-refractivity contribution in [2.75, 3.05) is 4.90 Å². The summed E-state index contributed by atoms with van der Waals surface area (Å²) in [6, 6.07) is 16.3. The lowest BCUT2D eigenvalue weighted by Crippen LogP contribution is -2.32. The smallest absolute Gasteiger partial charge is 0.251 e. The highest BCUT2D eigenvalue weighted by molar-refractivity contribution is 6.19. The molecule has 0 radical (unpaired) electrons. The minimum absolute atomic E-state index is 0.0925. The van der Waals surface area contributed by atoms with Crippen LogP contribution in [0.3, 0.4) is 0 Å². The molecule has 2 aromatic carbocycles. The molecule has 0 saturated carbocycles. The van der Waals surface area contributed by atoms with Crippen molar-refractivity contribution in [3.05, 3.63) is 65.7 Å². The number of nitrogens with one attached hydrogen (secondary N) is 1. The number of carbonyl (C=O) groups is 3. The molecule has 3 rings (SSSR count). The van der Waals surface area contributed by atoms with Crippen molar-refractivity contribution in [3.8, 4) is 0 Å². The van der Waals surface area contributed by atoms with Crippen LogP contribution in [0, 0.1) is 5.92 Å². The highest BCUT2D eigenvalue weighted by Crippen LogP contribution is 2.24. The lowest BCUT2D eigenvalue weighted by atomic mass is 9.95. The summed E-state index contributed by atoms with van der Waals surface area (Å²) in [5.74, 6) is -0.342. The summed E-state index contributed by atoms with van der Waals surface area (Å²) in [4.78, 5) is 37.4. The normalized spacial score (nSPS) is 15.4. The Labute approximate surface area is 153 Å². The van der Waals surface area contributed by atoms with Crippen LogP contribution in [-0.4, -0.2) is 17.7 Å². The number of hydrogen-bond donors (Lipinski definition) is 1. The van der Waals surface area contributed by atoms with E-state index in [9.17, 15) is 14.4 Å². The molecule has 0 aliphatic carbocycles. The van der Waals surface area contributed by atoms with E-state index in [0.717, 1.165) is 5.56 Å². The molecule has 0 unspecified atom stereocenters. The van der Waals surface area contributed by atoms with Crippen LogP contribution in [0.2, 0.25) is 0 Å². The molecule has 1 saturated heterocycles. The Morgan fingerprint density at radius 1 is 0.923 bits per heavy atom. The summed E-state index contributed by atoms with van der Waals surface area (Å²) in [7, 11) is 0. The molecule has 1 N–H and O–H groups in total. The number of nitrogens with zero attached hydrogens (tertiary/aromatic N) is 1. The molecule has 134 valence electrons. The Balaban J connectivity index is 1.75. The molecule has 5 heteroatoms. The second kappa shape index (κ2) is 7.52. The van der Waals surface area contributed by atoms with Gasteiger partial charge in [0, 0.05) is 18.4 Å². The second-order valence-electron chi connectivity index (χ2n) is 6.78. The lowest BCUT2D eigenvalue weighted by Gasteiger charge is -2.23. The maximum atomic E-state index is 12.6. The summed E-state index contributed by atoms with van der Waals surface area (Å²) in [5.41, 5.74) is 2.06. The van der Waals surface area contributed by atoms with Crippen LogP contribution in [0.4, 0.5) is 5.69 Å². The largest absolute Gasteiger partial charge is 0.345 e. The van der Waals surface area contributed by atoms with Gasteiger partial charge >= 0.3 is 0 Å². The summed E-state index contributed by atoms with van der Waals surface area (Å²) in [6.45, 7) is 4.12. The van der Waals surface area contributed by atoms with Crippen LogP contribution < -0.4 is 10.2 Å². The molecule has 1 heterocycles. The fourth-order valence-electron chi connectivity index (χ4n) is 3.15. The monoisotopic (exact) mass is 350 g/mol. The molecule has 5 nitrogen and oxygen atoms in total. The quantitative estimate of drug-likeness (QED) is 0.840. The highest BCUT2D eigenvalue weighted by Gasteiger charge is 2.30. The Hall–Kier alpha value is -2.95. The van der Waals surface area contributed by atoms with E-state index in [2.05, 4.69) is 19.2 Å². The van der Waals surface area contributed by atoms with Gasteiger partial charge in [-0.15, -0.1) is 0 Å². The first kappa shape index (κ1) is 17.9. The Bertz CT molecular complexity index is 797. The van der Waals surface area contributed by atoms with Crippen molar-refractivity contribution >= 4 is 23.4 Å². The molecule has 1 atom stereocenters. The van der Waals surface area contributed by atoms with Crippen LogP contribution in [-0.2, 0) is 9.59 Å². The molecule has 0 aromatic heterocycles. The number of carbonyl (C=O) groups excluding carboxylic acids is 3. The maximum absolute atomic E-state index is 12.6. The molecule has 3 amide bonds. The number of benzene rings is 2. The minimum Gasteiger partial charge on any atom is -0.345 e. The number of rotatable bonds is 5. The minimum atomic E-state index is -0.198. The van der Waals surface area contributed by atoms with Gasteiger partial charge in [0.1, 0.15) is 0 Å². The number of imide groups is 1. The van der Waals surface area contributed by atoms with Gasteiger partial charge in [-0.3, -0.25) is 19.3 Å². The van der Waals surface area contributed by atoms with Crippen molar-refractivity contribution < 1.29 is 14.4 Å². The third-order valence-corrected chi connectivity index (χ3v) is 4.55. The van der Waals surface area contributed by atoms with Gasteiger partial charge < -0.3 is 5.32 Å². The van der Waals surface area contributed by atoms with Crippen LogP contribution >= 0.6 is 0 Å². The van der Waals surface area contributed by atoms with Gasteiger partial charge in [0.25, 0.3) is 5.91 Å². The average Bonchev–Trinajstić information content (AvgIpc) is 2.98. The molecule has 0 spiro atoms. The molecular formula is C21H22N2O3. The van der Waals surface area contributed by atoms with E-state index in [1.165, 1.54) is 4.90 Å². The van der Waals surface area contributed by atoms with Gasteiger partial charge in [0.2, 0.25) is 11.8 Å². The third kappa shape index (κ3) is 3.67. The zero-order valence-corrected chi connectivity index (χ0v) is 14.9. The van der Waals surface area contributed by atoms with E-state index in [1.54, 1.807) is 24.3 Å². The molecular weight excluding hydrogens is 328 g/mol. The van der Waals surface area contributed by atoms with Crippen molar-refractivity contribution in [2.45, 2.75) is 32.7 Å². The lowest BCUT2D eigenvalue weighted by molar-refractivity contribution is -0.121. The van der Waals surface area contributed by atoms with Crippen LogP contribution in [0.25, 0.3) is 0 Å². The van der Waals surface area contributed by atoms with Gasteiger partial charge in [0.05, 0.1) is 11.7 Å². The summed E-state index contributed by atoms with van der Waals surface area (Å²) in [6.07, 6.45) is 0.489. The van der Waals surface area contributed by atoms with Gasteiger partial charge in [-0.05, 0) is 35.7 Å². The first-order chi connectivity index (χ1) is 12.5. The van der Waals surface area contributed by atoms with Crippen molar-refractivity contribution in [2.24, 2.45) is 5.92 Å². The van der Waals surface area contributed by atoms with Crippen LogP contribution in [0.1, 0.15) is 48.7 Å². The summed E-state index contributed by atoms with van der Waals surface area (Å²) < 4.78 is 0. The Kier molecular flexibility index (Phi) is 5.16. The van der Waals surface area contributed by atoms with E-state index in [4.69, 9.17) is 0 Å². The molecule has 1 aliphatic rings. The van der Waals surface area contributed by atoms with Gasteiger partial charge in [-0.1, -0.05) is 44.2 Å². The predicted octanol–water partition coefficient (Wildman–Crippen LogP) is 3.47. The average molecular weight is 350 g/mol. The van der Waals surface area contributed by atoms with E-state index in [1.807, 2.05) is 30.3 Å². The standard InChI is InChI=1S/C21H22N2O3/c1-14(2)20(15-6-4-3-5-7-15)22-21(26)16-8-10-17(11-9-16)23-18(24)12-13-19(23)25/h3-11,14,20H,12-13H2,1-2H3,(H,22,26)/t20-/m1/s1. The molecule has 0 bridgehead atoms. The first-order valence-corrected chi connectivity index (χ1v) is 8.79. The summed E-state index contributed by atoms with van der Waals surface area (Å²) >= 11 is 0. The van der Waals surface area contributed by atoms with Gasteiger partial charge in [-0.2, -0.15) is 0 Å². The van der Waals surface area contributed by atoms with Crippen molar-refractivity contribution in [3.63, 3.8) is 0 Å². The number of hydrogen-bond acceptors (Lipinski definition) is 3. The highest BCUT2D eigenvalue weighted by atomic mass is 16.2. The topological polar surface area (TPSA) is 66.5 Å². The van der Waals surface area contributed by atoms with E-state index < -0.39 is 0 Å². The summed E-state index contributed by atoms with van der Waals surface area (Å²) in [5, 5.41) is 3.07. The first-order valence-electron chi connectivity index (χ1n) is 8.79. The number of anilines is 1. The van der Waals surface area contributed by atoms with Crippen molar-refractivity contribution in [1.29, 1.82) is 0 Å². The Morgan fingerprint density at radius 3 is 2.04 bits per heavy atom. The van der Waals surface area contributed by atoms with E-state index in [-0.39, 0.29) is 42.5 Å². The Morgan fingerprint density at radius 2 is 1.50 bits per heavy atom. The third-order valence-electron chi connectivity index (χ3n) is 4.55. The van der Waals surface area contributed by atoms with Crippen LogP contribution in [0.15, 0.2) is 54.6 Å². The van der Waals surface area contributed by atoms with E-state index >= 15 is 0 Å². The molecule has 1 aliphatic heterocycles. The number of amides is 3. The molecule has 1 fully saturated rings. The predicted molar refractivity (Wildman–Crippen MR) is 99.7 cm³/mol. The second-order valence-corrected chi connectivity index (χ2v) is 6.78. The fourth-order valence-corrected chi connectivity index (χ4v) is 3.15. The van der Waals surface area contributed by atoms with Gasteiger partial charge in [-0.25, -0.2) is 0 Å². The fraction of sp³-hybridized carbons (Fsp3) is 0.286. The van der Waals surface area contributed by atoms with E-state index in [0.29, 0.717) is 11.3 Å².